The standard InChI is InChI=1S/C73H128O6/c1-4-7-10-13-16-19-22-25-28-31-32-33-34-35-36-37-38-39-40-43-45-48-51-54-57-60-63-66-72(75)78-69-70(79-73(76)67-64-61-58-55-52-49-46-42-30-27-24-21-18-15-12-9-6-3)68-77-71(74)65-62-59-56-53-50-47-44-41-29-26-23-20-17-14-11-8-5-2/h7,10,16,18-19,21,25,27-28,30,32-33,35-36,70H,4-6,8-9,11-15,17,20,22-24,26,29,31,34,37-69H2,1-3H3/b10-7-,19-16-,21-18-,28-25-,30-27-,33-32-,36-35-. The molecule has 6 nitrogen and oxygen atoms in total. The highest BCUT2D eigenvalue weighted by Crippen LogP contribution is 2.17. The lowest BCUT2D eigenvalue weighted by molar-refractivity contribution is -0.167. The zero-order valence-corrected chi connectivity index (χ0v) is 52.4. The normalized spacial score (nSPS) is 12.6. The van der Waals surface area contributed by atoms with Crippen LogP contribution in [0.3, 0.4) is 0 Å². The molecular weight excluding hydrogens is 973 g/mol. The van der Waals surface area contributed by atoms with Crippen LogP contribution in [0.4, 0.5) is 0 Å². The molecule has 0 amide bonds. The van der Waals surface area contributed by atoms with E-state index in [1.54, 1.807) is 0 Å². The van der Waals surface area contributed by atoms with Crippen LogP contribution in [0, 0.1) is 0 Å². The zero-order valence-electron chi connectivity index (χ0n) is 52.4. The van der Waals surface area contributed by atoms with Gasteiger partial charge in [-0.15, -0.1) is 0 Å². The Hall–Kier alpha value is -3.41. The van der Waals surface area contributed by atoms with Crippen molar-refractivity contribution in [2.45, 2.75) is 348 Å². The fourth-order valence-electron chi connectivity index (χ4n) is 9.80. The molecule has 0 bridgehead atoms. The number of allylic oxidation sites excluding steroid dienone is 14. The van der Waals surface area contributed by atoms with E-state index in [4.69, 9.17) is 14.2 Å². The highest BCUT2D eigenvalue weighted by molar-refractivity contribution is 5.71. The third kappa shape index (κ3) is 65.3. The van der Waals surface area contributed by atoms with Gasteiger partial charge in [0.05, 0.1) is 0 Å². The molecule has 1 unspecified atom stereocenters. The Morgan fingerprint density at radius 1 is 0.266 bits per heavy atom. The topological polar surface area (TPSA) is 78.9 Å². The summed E-state index contributed by atoms with van der Waals surface area (Å²) in [7, 11) is 0. The maximum Gasteiger partial charge on any atom is 0.306 e. The summed E-state index contributed by atoms with van der Waals surface area (Å²) < 4.78 is 17.0. The summed E-state index contributed by atoms with van der Waals surface area (Å²) in [5.41, 5.74) is 0. The van der Waals surface area contributed by atoms with Gasteiger partial charge in [0.2, 0.25) is 0 Å². The minimum atomic E-state index is -0.782. The fourth-order valence-corrected chi connectivity index (χ4v) is 9.80. The van der Waals surface area contributed by atoms with E-state index >= 15 is 0 Å². The summed E-state index contributed by atoms with van der Waals surface area (Å²) in [5.74, 6) is -0.869. The van der Waals surface area contributed by atoms with Crippen molar-refractivity contribution < 1.29 is 28.6 Å². The molecule has 0 aliphatic rings. The highest BCUT2D eigenvalue weighted by atomic mass is 16.6. The number of ether oxygens (including phenoxy) is 3. The molecule has 456 valence electrons. The van der Waals surface area contributed by atoms with Crippen molar-refractivity contribution in [3.05, 3.63) is 85.1 Å². The van der Waals surface area contributed by atoms with Gasteiger partial charge >= 0.3 is 17.9 Å². The first kappa shape index (κ1) is 75.6. The molecule has 0 aliphatic carbocycles. The molecule has 79 heavy (non-hydrogen) atoms. The molecule has 0 aromatic rings. The van der Waals surface area contributed by atoms with Crippen molar-refractivity contribution in [2.24, 2.45) is 0 Å². The Bertz CT molecular complexity index is 1500. The fraction of sp³-hybridized carbons (Fsp3) is 0.767. The first-order chi connectivity index (χ1) is 39.0. The van der Waals surface area contributed by atoms with E-state index in [1.165, 1.54) is 199 Å². The first-order valence-corrected chi connectivity index (χ1v) is 34.1. The molecule has 0 saturated heterocycles. The third-order valence-corrected chi connectivity index (χ3v) is 14.9. The van der Waals surface area contributed by atoms with Crippen molar-refractivity contribution >= 4 is 17.9 Å². The van der Waals surface area contributed by atoms with Gasteiger partial charge < -0.3 is 14.2 Å². The lowest BCUT2D eigenvalue weighted by Gasteiger charge is -2.18. The van der Waals surface area contributed by atoms with Gasteiger partial charge in [0.25, 0.3) is 0 Å². The Kier molecular flexibility index (Phi) is 64.2. The summed E-state index contributed by atoms with van der Waals surface area (Å²) in [5, 5.41) is 0. The molecule has 1 atom stereocenters. The van der Waals surface area contributed by atoms with Crippen LogP contribution < -0.4 is 0 Å². The van der Waals surface area contributed by atoms with Crippen molar-refractivity contribution in [2.75, 3.05) is 13.2 Å². The van der Waals surface area contributed by atoms with Gasteiger partial charge in [-0.25, -0.2) is 0 Å². The lowest BCUT2D eigenvalue weighted by Crippen LogP contribution is -2.30. The molecule has 0 N–H and O–H groups in total. The average Bonchev–Trinajstić information content (AvgIpc) is 3.45. The van der Waals surface area contributed by atoms with E-state index in [-0.39, 0.29) is 31.1 Å². The number of hydrogen-bond acceptors (Lipinski definition) is 6. The summed E-state index contributed by atoms with van der Waals surface area (Å²) in [6.45, 7) is 6.54. The first-order valence-electron chi connectivity index (χ1n) is 34.1. The van der Waals surface area contributed by atoms with Crippen LogP contribution in [0.1, 0.15) is 342 Å². The average molecular weight is 1100 g/mol. The quantitative estimate of drug-likeness (QED) is 0.0261. The van der Waals surface area contributed by atoms with Gasteiger partial charge in [-0.3, -0.25) is 14.4 Å². The summed E-state index contributed by atoms with van der Waals surface area (Å²) in [6, 6.07) is 0. The minimum absolute atomic E-state index is 0.0765. The number of hydrogen-bond donors (Lipinski definition) is 0. The molecule has 0 fully saturated rings. The van der Waals surface area contributed by atoms with Crippen molar-refractivity contribution in [1.82, 2.24) is 0 Å². The Labute approximate surface area is 490 Å². The molecular formula is C73H128O6. The predicted octanol–water partition coefficient (Wildman–Crippen LogP) is 23.4. The molecule has 0 aromatic heterocycles. The van der Waals surface area contributed by atoms with E-state index < -0.39 is 6.10 Å². The predicted molar refractivity (Wildman–Crippen MR) is 344 cm³/mol. The number of esters is 3. The molecule has 0 aliphatic heterocycles. The molecule has 6 heteroatoms. The molecule has 0 radical (unpaired) electrons. The number of rotatable bonds is 62. The minimum Gasteiger partial charge on any atom is -0.462 e. The smallest absolute Gasteiger partial charge is 0.306 e. The maximum atomic E-state index is 12.9. The van der Waals surface area contributed by atoms with Crippen LogP contribution in [-0.2, 0) is 28.6 Å². The van der Waals surface area contributed by atoms with E-state index in [9.17, 15) is 14.4 Å². The number of carbonyl (C=O) groups is 3. The Balaban J connectivity index is 4.32. The largest absolute Gasteiger partial charge is 0.462 e. The van der Waals surface area contributed by atoms with Gasteiger partial charge in [0.15, 0.2) is 6.10 Å². The highest BCUT2D eigenvalue weighted by Gasteiger charge is 2.19. The van der Waals surface area contributed by atoms with Gasteiger partial charge in [0, 0.05) is 19.3 Å². The Morgan fingerprint density at radius 2 is 0.494 bits per heavy atom. The van der Waals surface area contributed by atoms with Gasteiger partial charge in [-0.2, -0.15) is 0 Å². The van der Waals surface area contributed by atoms with E-state index in [0.717, 1.165) is 103 Å². The SMILES string of the molecule is CC/C=C\C/C=C\C/C=C\C/C=C\C/C=C\CCCCCCCCCCCCCC(=O)OCC(COC(=O)CCCCCCCCCCCCCCCCCCC)OC(=O)CCCCCCCCC/C=C\C/C=C\CCCCC. The second kappa shape index (κ2) is 67.1. The zero-order chi connectivity index (χ0) is 57.1. The number of unbranched alkanes of at least 4 members (excludes halogenated alkanes) is 37. The lowest BCUT2D eigenvalue weighted by atomic mass is 10.0. The van der Waals surface area contributed by atoms with Crippen LogP contribution in [0.25, 0.3) is 0 Å². The Morgan fingerprint density at radius 3 is 0.797 bits per heavy atom. The molecule has 0 heterocycles. The third-order valence-electron chi connectivity index (χ3n) is 14.9. The van der Waals surface area contributed by atoms with Gasteiger partial charge in [-0.1, -0.05) is 311 Å². The van der Waals surface area contributed by atoms with Crippen LogP contribution >= 0.6 is 0 Å². The number of carbonyl (C=O) groups excluding carboxylic acids is 3. The van der Waals surface area contributed by atoms with Crippen molar-refractivity contribution in [1.29, 1.82) is 0 Å². The van der Waals surface area contributed by atoms with Gasteiger partial charge in [0.1, 0.15) is 13.2 Å². The van der Waals surface area contributed by atoms with Crippen LogP contribution in [0.15, 0.2) is 85.1 Å². The van der Waals surface area contributed by atoms with E-state index in [1.807, 2.05) is 0 Å². The summed E-state index contributed by atoms with van der Waals surface area (Å²) in [6.07, 6.45) is 88.8. The van der Waals surface area contributed by atoms with Crippen molar-refractivity contribution in [3.8, 4) is 0 Å². The van der Waals surface area contributed by atoms with Crippen LogP contribution in [-0.4, -0.2) is 37.2 Å². The van der Waals surface area contributed by atoms with Gasteiger partial charge in [-0.05, 0) is 96.3 Å². The van der Waals surface area contributed by atoms with Crippen molar-refractivity contribution in [3.63, 3.8) is 0 Å². The maximum absolute atomic E-state index is 12.9. The van der Waals surface area contributed by atoms with E-state index in [2.05, 4.69) is 106 Å². The van der Waals surface area contributed by atoms with E-state index in [0.29, 0.717) is 19.3 Å². The molecule has 0 aromatic carbocycles. The molecule has 0 saturated carbocycles. The monoisotopic (exact) mass is 1100 g/mol. The molecule has 0 spiro atoms. The summed E-state index contributed by atoms with van der Waals surface area (Å²) in [4.78, 5) is 38.4. The second-order valence-electron chi connectivity index (χ2n) is 22.7. The van der Waals surface area contributed by atoms with Crippen LogP contribution in [0.5, 0.6) is 0 Å². The molecule has 0 rings (SSSR count). The second-order valence-corrected chi connectivity index (χ2v) is 22.7. The van der Waals surface area contributed by atoms with Crippen LogP contribution in [0.2, 0.25) is 0 Å². The summed E-state index contributed by atoms with van der Waals surface area (Å²) >= 11 is 0.